The van der Waals surface area contributed by atoms with Gasteiger partial charge in [0, 0.05) is 11.6 Å². The molecule has 8 heteroatoms. The summed E-state index contributed by atoms with van der Waals surface area (Å²) in [4.78, 5) is 9.98. The van der Waals surface area contributed by atoms with Gasteiger partial charge >= 0.3 is 0 Å². The Balaban J connectivity index is 2.34. The molecule has 0 heterocycles. The molecule has 0 atom stereocenters. The Morgan fingerprint density at radius 3 is 2.50 bits per heavy atom. The van der Waals surface area contributed by atoms with E-state index in [9.17, 15) is 18.5 Å². The summed E-state index contributed by atoms with van der Waals surface area (Å²) in [6, 6.07) is 3.49. The Labute approximate surface area is 122 Å². The predicted molar refractivity (Wildman–Crippen MR) is 75.3 cm³/mol. The van der Waals surface area contributed by atoms with E-state index in [-0.39, 0.29) is 9.92 Å². The van der Waals surface area contributed by atoms with E-state index in [0.29, 0.717) is 0 Å². The maximum absolute atomic E-state index is 12.3. The summed E-state index contributed by atoms with van der Waals surface area (Å²) in [5, 5.41) is 10.7. The molecule has 20 heavy (non-hydrogen) atoms. The van der Waals surface area contributed by atoms with Gasteiger partial charge in [0.15, 0.2) is 0 Å². The van der Waals surface area contributed by atoms with Crippen LogP contribution >= 0.6 is 11.6 Å². The van der Waals surface area contributed by atoms with E-state index < -0.39 is 26.2 Å². The molecule has 1 N–H and O–H groups in total. The maximum Gasteiger partial charge on any atom is 0.289 e. The average Bonchev–Trinajstić information content (AvgIpc) is 2.74. The van der Waals surface area contributed by atoms with Crippen molar-refractivity contribution in [3.05, 3.63) is 33.3 Å². The van der Waals surface area contributed by atoms with Gasteiger partial charge in [-0.15, -0.1) is 0 Å². The Morgan fingerprint density at radius 1 is 1.35 bits per heavy atom. The van der Waals surface area contributed by atoms with Crippen LogP contribution in [0.5, 0.6) is 0 Å². The van der Waals surface area contributed by atoms with Crippen LogP contribution in [0.1, 0.15) is 32.6 Å². The SMILES string of the molecule is CC1(NS(=O)(=O)c2ccc(Cl)c([N+](=O)[O-])c2)CCCC1. The second-order valence-corrected chi connectivity index (χ2v) is 7.33. The standard InChI is InChI=1S/C12H15ClN2O4S/c1-12(6-2-3-7-12)14-20(18,19)9-4-5-10(13)11(8-9)15(16)17/h4-5,8,14H,2-3,6-7H2,1H3. The van der Waals surface area contributed by atoms with Crippen molar-refractivity contribution in [2.24, 2.45) is 0 Å². The van der Waals surface area contributed by atoms with Crippen LogP contribution in [-0.4, -0.2) is 18.9 Å². The van der Waals surface area contributed by atoms with Crippen molar-refractivity contribution >= 4 is 27.3 Å². The highest BCUT2D eigenvalue weighted by Crippen LogP contribution is 2.32. The molecule has 1 fully saturated rings. The van der Waals surface area contributed by atoms with Gasteiger partial charge in [-0.2, -0.15) is 0 Å². The lowest BCUT2D eigenvalue weighted by Gasteiger charge is -2.24. The van der Waals surface area contributed by atoms with Crippen molar-refractivity contribution in [1.82, 2.24) is 4.72 Å². The van der Waals surface area contributed by atoms with Crippen molar-refractivity contribution in [2.45, 2.75) is 43.0 Å². The minimum Gasteiger partial charge on any atom is -0.258 e. The molecule has 0 radical (unpaired) electrons. The number of hydrogen-bond acceptors (Lipinski definition) is 4. The molecule has 1 aliphatic carbocycles. The van der Waals surface area contributed by atoms with Crippen LogP contribution in [0.15, 0.2) is 23.1 Å². The number of sulfonamides is 1. The average molecular weight is 319 g/mol. The minimum absolute atomic E-state index is 0.0824. The molecule has 1 aromatic carbocycles. The first-order valence-corrected chi connectivity index (χ1v) is 8.08. The molecule has 1 aromatic rings. The zero-order chi connectivity index (χ0) is 15.0. The monoisotopic (exact) mass is 318 g/mol. The molecule has 0 aromatic heterocycles. The summed E-state index contributed by atoms with van der Waals surface area (Å²) in [6.07, 6.45) is 3.48. The summed E-state index contributed by atoms with van der Waals surface area (Å²) in [5.74, 6) is 0. The summed E-state index contributed by atoms with van der Waals surface area (Å²) in [7, 11) is -3.79. The summed E-state index contributed by atoms with van der Waals surface area (Å²) in [5.41, 5.74) is -0.890. The van der Waals surface area contributed by atoms with Crippen molar-refractivity contribution < 1.29 is 13.3 Å². The molecule has 0 amide bonds. The van der Waals surface area contributed by atoms with Crippen LogP contribution in [0.4, 0.5) is 5.69 Å². The van der Waals surface area contributed by atoms with Crippen LogP contribution in [0, 0.1) is 10.1 Å². The first-order chi connectivity index (χ1) is 9.23. The third-order valence-corrected chi connectivity index (χ3v) is 5.47. The lowest BCUT2D eigenvalue weighted by atomic mass is 10.0. The minimum atomic E-state index is -3.79. The molecule has 1 saturated carbocycles. The molecular weight excluding hydrogens is 304 g/mol. The van der Waals surface area contributed by atoms with Crippen molar-refractivity contribution in [3.63, 3.8) is 0 Å². The first-order valence-electron chi connectivity index (χ1n) is 6.21. The quantitative estimate of drug-likeness (QED) is 0.682. The Morgan fingerprint density at radius 2 is 1.95 bits per heavy atom. The van der Waals surface area contributed by atoms with E-state index >= 15 is 0 Å². The second-order valence-electron chi connectivity index (χ2n) is 5.24. The maximum atomic E-state index is 12.3. The lowest BCUT2D eigenvalue weighted by Crippen LogP contribution is -2.43. The number of hydrogen-bond donors (Lipinski definition) is 1. The third-order valence-electron chi connectivity index (χ3n) is 3.51. The number of halogens is 1. The molecule has 0 saturated heterocycles. The highest BCUT2D eigenvalue weighted by molar-refractivity contribution is 7.89. The van der Waals surface area contributed by atoms with Gasteiger partial charge in [-0.05, 0) is 31.9 Å². The van der Waals surface area contributed by atoms with Crippen LogP contribution in [0.3, 0.4) is 0 Å². The van der Waals surface area contributed by atoms with Gasteiger partial charge in [0.1, 0.15) is 5.02 Å². The second kappa shape index (κ2) is 5.31. The van der Waals surface area contributed by atoms with Crippen LogP contribution in [-0.2, 0) is 10.0 Å². The smallest absolute Gasteiger partial charge is 0.258 e. The molecule has 110 valence electrons. The van der Waals surface area contributed by atoms with Gasteiger partial charge in [0.25, 0.3) is 5.69 Å². The number of nitro benzene ring substituents is 1. The number of nitro groups is 1. The normalized spacial score (nSPS) is 18.1. The fourth-order valence-corrected chi connectivity index (χ4v) is 4.11. The first kappa shape index (κ1) is 15.2. The number of nitrogens with one attached hydrogen (secondary N) is 1. The summed E-state index contributed by atoms with van der Waals surface area (Å²) >= 11 is 5.68. The highest BCUT2D eigenvalue weighted by atomic mass is 35.5. The lowest BCUT2D eigenvalue weighted by molar-refractivity contribution is -0.384. The number of benzene rings is 1. The van der Waals surface area contributed by atoms with E-state index in [1.807, 2.05) is 6.92 Å². The molecule has 1 aliphatic rings. The molecular formula is C12H15ClN2O4S. The van der Waals surface area contributed by atoms with Gasteiger partial charge in [-0.25, -0.2) is 13.1 Å². The van der Waals surface area contributed by atoms with E-state index in [4.69, 9.17) is 11.6 Å². The molecule has 0 spiro atoms. The predicted octanol–water partition coefficient (Wildman–Crippen LogP) is 2.86. The molecule has 6 nitrogen and oxygen atoms in total. The van der Waals surface area contributed by atoms with Crippen molar-refractivity contribution in [3.8, 4) is 0 Å². The van der Waals surface area contributed by atoms with Crippen molar-refractivity contribution in [2.75, 3.05) is 0 Å². The molecule has 2 rings (SSSR count). The van der Waals surface area contributed by atoms with Gasteiger partial charge < -0.3 is 0 Å². The van der Waals surface area contributed by atoms with E-state index in [0.717, 1.165) is 31.7 Å². The van der Waals surface area contributed by atoms with Crippen LogP contribution in [0.25, 0.3) is 0 Å². The fourth-order valence-electron chi connectivity index (χ4n) is 2.44. The molecule has 0 bridgehead atoms. The topological polar surface area (TPSA) is 89.3 Å². The van der Waals surface area contributed by atoms with Gasteiger partial charge in [0.05, 0.1) is 9.82 Å². The van der Waals surface area contributed by atoms with Gasteiger partial charge in [-0.3, -0.25) is 10.1 Å². The van der Waals surface area contributed by atoms with Crippen molar-refractivity contribution in [1.29, 1.82) is 0 Å². The van der Waals surface area contributed by atoms with E-state index in [1.54, 1.807) is 0 Å². The largest absolute Gasteiger partial charge is 0.289 e. The number of nitrogens with zero attached hydrogens (tertiary/aromatic N) is 1. The van der Waals surface area contributed by atoms with Crippen LogP contribution < -0.4 is 4.72 Å². The van der Waals surface area contributed by atoms with Gasteiger partial charge in [-0.1, -0.05) is 24.4 Å². The third kappa shape index (κ3) is 3.11. The Hall–Kier alpha value is -1.18. The zero-order valence-electron chi connectivity index (χ0n) is 10.9. The fraction of sp³-hybridized carbons (Fsp3) is 0.500. The molecule has 0 aliphatic heterocycles. The Bertz CT molecular complexity index is 639. The highest BCUT2D eigenvalue weighted by Gasteiger charge is 2.34. The molecule has 0 unspecified atom stereocenters. The van der Waals surface area contributed by atoms with Crippen LogP contribution in [0.2, 0.25) is 5.02 Å². The van der Waals surface area contributed by atoms with E-state index in [2.05, 4.69) is 4.72 Å². The number of rotatable bonds is 4. The van der Waals surface area contributed by atoms with E-state index in [1.165, 1.54) is 12.1 Å². The summed E-state index contributed by atoms with van der Waals surface area (Å²) < 4.78 is 27.2. The van der Waals surface area contributed by atoms with Gasteiger partial charge in [0.2, 0.25) is 10.0 Å². The Kier molecular flexibility index (Phi) is 4.04. The zero-order valence-corrected chi connectivity index (χ0v) is 12.5. The summed E-state index contributed by atoms with van der Waals surface area (Å²) in [6.45, 7) is 1.85.